The Morgan fingerprint density at radius 3 is 2.39 bits per heavy atom. The largest absolute Gasteiger partial charge is 0.352 e. The van der Waals surface area contributed by atoms with Crippen LogP contribution in [0.1, 0.15) is 44.0 Å². The average Bonchev–Trinajstić information content (AvgIpc) is 2.65. The summed E-state index contributed by atoms with van der Waals surface area (Å²) in [5, 5.41) is 5.30. The first kappa shape index (κ1) is 22.0. The molecule has 0 atom stereocenters. The van der Waals surface area contributed by atoms with Crippen LogP contribution >= 0.6 is 0 Å². The second-order valence-electron chi connectivity index (χ2n) is 7.20. The molecule has 1 aromatic rings. The van der Waals surface area contributed by atoms with Crippen LogP contribution in [-0.2, 0) is 19.6 Å². The predicted octanol–water partition coefficient (Wildman–Crippen LogP) is 0.931. The van der Waals surface area contributed by atoms with Crippen LogP contribution in [0.25, 0.3) is 0 Å². The summed E-state index contributed by atoms with van der Waals surface area (Å²) in [5.74, 6) is -1.03. The van der Waals surface area contributed by atoms with Crippen molar-refractivity contribution in [1.82, 2.24) is 14.9 Å². The van der Waals surface area contributed by atoms with Gasteiger partial charge in [-0.1, -0.05) is 12.1 Å². The van der Waals surface area contributed by atoms with E-state index in [0.717, 1.165) is 0 Å². The van der Waals surface area contributed by atoms with Crippen molar-refractivity contribution in [2.75, 3.05) is 19.6 Å². The van der Waals surface area contributed by atoms with Crippen molar-refractivity contribution >= 4 is 27.6 Å². The number of nitrogens with zero attached hydrogens (tertiary/aromatic N) is 1. The van der Waals surface area contributed by atoms with Gasteiger partial charge in [0.25, 0.3) is 0 Å². The van der Waals surface area contributed by atoms with Crippen molar-refractivity contribution < 1.29 is 22.8 Å². The zero-order valence-electron chi connectivity index (χ0n) is 16.4. The van der Waals surface area contributed by atoms with Crippen LogP contribution in [0.5, 0.6) is 0 Å². The van der Waals surface area contributed by atoms with Gasteiger partial charge in [0, 0.05) is 30.6 Å². The second-order valence-corrected chi connectivity index (χ2v) is 9.14. The van der Waals surface area contributed by atoms with Crippen molar-refractivity contribution in [1.29, 1.82) is 0 Å². The molecule has 0 bridgehead atoms. The third-order valence-electron chi connectivity index (χ3n) is 4.58. The number of piperidine rings is 1. The number of hydrogen-bond acceptors (Lipinski definition) is 5. The molecule has 154 valence electrons. The second kappa shape index (κ2) is 9.29. The molecule has 1 aliphatic heterocycles. The van der Waals surface area contributed by atoms with Crippen LogP contribution in [0.3, 0.4) is 0 Å². The van der Waals surface area contributed by atoms with Gasteiger partial charge in [0.1, 0.15) is 0 Å². The van der Waals surface area contributed by atoms with E-state index in [1.54, 1.807) is 12.1 Å². The van der Waals surface area contributed by atoms with Gasteiger partial charge in [-0.25, -0.2) is 8.42 Å². The molecular weight excluding hydrogens is 382 g/mol. The molecule has 2 N–H and O–H groups in total. The fourth-order valence-electron chi connectivity index (χ4n) is 3.07. The van der Waals surface area contributed by atoms with Crippen molar-refractivity contribution in [3.63, 3.8) is 0 Å². The summed E-state index contributed by atoms with van der Waals surface area (Å²) in [6, 6.07) is 5.97. The summed E-state index contributed by atoms with van der Waals surface area (Å²) in [6.07, 6.45) is 0.756. The highest BCUT2D eigenvalue weighted by atomic mass is 32.2. The summed E-state index contributed by atoms with van der Waals surface area (Å²) in [5.41, 5.74) is 0.343. The molecule has 1 fully saturated rings. The number of Topliss-reactive ketones (excluding diaryl/α,β-unsaturated/α-hetero) is 1. The Labute approximate surface area is 165 Å². The molecule has 0 spiro atoms. The highest BCUT2D eigenvalue weighted by Gasteiger charge is 2.32. The Balaban J connectivity index is 1.94. The molecule has 2 rings (SSSR count). The van der Waals surface area contributed by atoms with Crippen molar-refractivity contribution in [2.45, 2.75) is 44.6 Å². The molecule has 1 aliphatic rings. The van der Waals surface area contributed by atoms with Gasteiger partial charge in [-0.3, -0.25) is 14.4 Å². The Morgan fingerprint density at radius 1 is 1.18 bits per heavy atom. The maximum atomic E-state index is 12.8. The van der Waals surface area contributed by atoms with Crippen molar-refractivity contribution in [2.24, 2.45) is 5.92 Å². The molecular formula is C19H27N3O5S. The normalized spacial score (nSPS) is 16.0. The average molecular weight is 410 g/mol. The van der Waals surface area contributed by atoms with E-state index in [-0.39, 0.29) is 54.1 Å². The minimum absolute atomic E-state index is 0.000600. The lowest BCUT2D eigenvalue weighted by atomic mass is 9.97. The number of carbonyl (C=O) groups is 3. The first-order valence-corrected chi connectivity index (χ1v) is 10.7. The van der Waals surface area contributed by atoms with Gasteiger partial charge in [0.05, 0.1) is 11.4 Å². The van der Waals surface area contributed by atoms with Crippen molar-refractivity contribution in [3.8, 4) is 0 Å². The lowest BCUT2D eigenvalue weighted by Gasteiger charge is -2.30. The summed E-state index contributed by atoms with van der Waals surface area (Å²) in [7, 11) is -3.72. The summed E-state index contributed by atoms with van der Waals surface area (Å²) < 4.78 is 27.0. The molecule has 0 saturated carbocycles. The summed E-state index contributed by atoms with van der Waals surface area (Å²) >= 11 is 0. The molecule has 28 heavy (non-hydrogen) atoms. The van der Waals surface area contributed by atoms with Crippen LogP contribution in [0.15, 0.2) is 29.2 Å². The molecule has 0 radical (unpaired) electrons. The van der Waals surface area contributed by atoms with E-state index in [0.29, 0.717) is 18.4 Å². The number of ketones is 1. The molecule has 1 saturated heterocycles. The number of benzene rings is 1. The summed E-state index contributed by atoms with van der Waals surface area (Å²) in [6.45, 7) is 5.39. The van der Waals surface area contributed by atoms with E-state index >= 15 is 0 Å². The van der Waals surface area contributed by atoms with E-state index in [9.17, 15) is 22.8 Å². The monoisotopic (exact) mass is 409 g/mol. The topological polar surface area (TPSA) is 113 Å². The quantitative estimate of drug-likeness (QED) is 0.651. The maximum absolute atomic E-state index is 12.8. The van der Waals surface area contributed by atoms with Crippen LogP contribution in [-0.4, -0.2) is 56.0 Å². The Morgan fingerprint density at radius 2 is 1.82 bits per heavy atom. The Hall–Kier alpha value is -2.26. The molecule has 8 nitrogen and oxygen atoms in total. The highest BCUT2D eigenvalue weighted by molar-refractivity contribution is 7.89. The molecule has 2 amide bonds. The molecule has 0 aromatic heterocycles. The first-order chi connectivity index (χ1) is 13.1. The van der Waals surface area contributed by atoms with E-state index in [1.165, 1.54) is 23.4 Å². The van der Waals surface area contributed by atoms with Crippen LogP contribution < -0.4 is 10.6 Å². The van der Waals surface area contributed by atoms with Crippen LogP contribution in [0.2, 0.25) is 0 Å². The van der Waals surface area contributed by atoms with E-state index in [2.05, 4.69) is 10.6 Å². The SMILES string of the molecule is CC(=O)c1cccc(S(=O)(=O)N2CCC(C(=O)NCC(=O)NC(C)C)CC2)c1. The van der Waals surface area contributed by atoms with Crippen LogP contribution in [0.4, 0.5) is 0 Å². The van der Waals surface area contributed by atoms with Crippen molar-refractivity contribution in [3.05, 3.63) is 29.8 Å². The zero-order valence-corrected chi connectivity index (χ0v) is 17.2. The minimum Gasteiger partial charge on any atom is -0.352 e. The number of hydrogen-bond donors (Lipinski definition) is 2. The highest BCUT2D eigenvalue weighted by Crippen LogP contribution is 2.24. The zero-order chi connectivity index (χ0) is 20.9. The number of amides is 2. The molecule has 0 unspecified atom stereocenters. The van der Waals surface area contributed by atoms with E-state index in [4.69, 9.17) is 0 Å². The standard InChI is InChI=1S/C19H27N3O5S/c1-13(2)21-18(24)12-20-19(25)15-7-9-22(10-8-15)28(26,27)17-6-4-5-16(11-17)14(3)23/h4-6,11,13,15H,7-10,12H2,1-3H3,(H,20,25)(H,21,24). The number of nitrogens with one attached hydrogen (secondary N) is 2. The molecule has 1 heterocycles. The number of carbonyl (C=O) groups excluding carboxylic acids is 3. The van der Waals surface area contributed by atoms with Gasteiger partial charge in [-0.05, 0) is 45.7 Å². The van der Waals surface area contributed by atoms with Gasteiger partial charge in [-0.15, -0.1) is 0 Å². The maximum Gasteiger partial charge on any atom is 0.243 e. The third kappa shape index (κ3) is 5.62. The third-order valence-corrected chi connectivity index (χ3v) is 6.47. The van der Waals surface area contributed by atoms with E-state index < -0.39 is 10.0 Å². The smallest absolute Gasteiger partial charge is 0.243 e. The minimum atomic E-state index is -3.72. The van der Waals surface area contributed by atoms with E-state index in [1.807, 2.05) is 13.8 Å². The van der Waals surface area contributed by atoms with Gasteiger partial charge < -0.3 is 10.6 Å². The van der Waals surface area contributed by atoms with Gasteiger partial charge >= 0.3 is 0 Å². The fraction of sp³-hybridized carbons (Fsp3) is 0.526. The van der Waals surface area contributed by atoms with Gasteiger partial charge in [0.15, 0.2) is 5.78 Å². The van der Waals surface area contributed by atoms with Gasteiger partial charge in [0.2, 0.25) is 21.8 Å². The van der Waals surface area contributed by atoms with Crippen LogP contribution in [0, 0.1) is 5.92 Å². The fourth-order valence-corrected chi connectivity index (χ4v) is 4.58. The Bertz CT molecular complexity index is 843. The van der Waals surface area contributed by atoms with Gasteiger partial charge in [-0.2, -0.15) is 4.31 Å². The lowest BCUT2D eigenvalue weighted by Crippen LogP contribution is -2.45. The molecule has 1 aromatic carbocycles. The lowest BCUT2D eigenvalue weighted by molar-refractivity contribution is -0.129. The molecule has 9 heteroatoms. The predicted molar refractivity (Wildman–Crippen MR) is 104 cm³/mol. The number of rotatable bonds is 7. The summed E-state index contributed by atoms with van der Waals surface area (Å²) in [4.78, 5) is 35.4. The Kier molecular flexibility index (Phi) is 7.31. The first-order valence-electron chi connectivity index (χ1n) is 9.29. The molecule has 0 aliphatic carbocycles. The number of sulfonamides is 1.